The zero-order valence-electron chi connectivity index (χ0n) is 12.6. The summed E-state index contributed by atoms with van der Waals surface area (Å²) in [7, 11) is 1.75. The van der Waals surface area contributed by atoms with Crippen molar-refractivity contribution >= 4 is 23.3 Å². The van der Waals surface area contributed by atoms with E-state index in [-0.39, 0.29) is 18.1 Å². The normalized spacial score (nSPS) is 21.9. The number of anilines is 1. The van der Waals surface area contributed by atoms with Crippen LogP contribution in [0.3, 0.4) is 0 Å². The summed E-state index contributed by atoms with van der Waals surface area (Å²) in [5, 5.41) is 13.3. The standard InChI is InChI=1S/C16H23ClN2O2/c1-11-7-8-13(17)14(9-11)18-16(21)19(2)10-12-5-3-4-6-15(12)20/h7-9,12,15,20H,3-6,10H2,1-2H3,(H,18,21). The molecule has 116 valence electrons. The Hall–Kier alpha value is -1.26. The largest absolute Gasteiger partial charge is 0.393 e. The molecule has 2 atom stereocenters. The van der Waals surface area contributed by atoms with E-state index in [2.05, 4.69) is 5.32 Å². The molecule has 2 N–H and O–H groups in total. The number of carbonyl (C=O) groups is 1. The fraction of sp³-hybridized carbons (Fsp3) is 0.562. The predicted molar refractivity (Wildman–Crippen MR) is 85.8 cm³/mol. The summed E-state index contributed by atoms with van der Waals surface area (Å²) < 4.78 is 0. The van der Waals surface area contributed by atoms with Crippen LogP contribution in [0.15, 0.2) is 18.2 Å². The molecule has 0 radical (unpaired) electrons. The monoisotopic (exact) mass is 310 g/mol. The number of aryl methyl sites for hydroxylation is 1. The van der Waals surface area contributed by atoms with E-state index >= 15 is 0 Å². The molecule has 21 heavy (non-hydrogen) atoms. The van der Waals surface area contributed by atoms with Crippen molar-refractivity contribution in [2.45, 2.75) is 38.7 Å². The fourth-order valence-electron chi connectivity index (χ4n) is 2.78. The summed E-state index contributed by atoms with van der Waals surface area (Å²) in [6.07, 6.45) is 3.72. The van der Waals surface area contributed by atoms with Crippen molar-refractivity contribution in [3.8, 4) is 0 Å². The summed E-state index contributed by atoms with van der Waals surface area (Å²) >= 11 is 6.09. The molecular weight excluding hydrogens is 288 g/mol. The number of aliphatic hydroxyl groups is 1. The van der Waals surface area contributed by atoms with Gasteiger partial charge in [0.25, 0.3) is 0 Å². The number of hydrogen-bond donors (Lipinski definition) is 2. The molecule has 2 unspecified atom stereocenters. The van der Waals surface area contributed by atoms with Crippen LogP contribution < -0.4 is 5.32 Å². The van der Waals surface area contributed by atoms with Crippen LogP contribution in [0, 0.1) is 12.8 Å². The van der Waals surface area contributed by atoms with Crippen LogP contribution >= 0.6 is 11.6 Å². The van der Waals surface area contributed by atoms with E-state index in [1.807, 2.05) is 19.1 Å². The lowest BCUT2D eigenvalue weighted by Crippen LogP contribution is -2.40. The van der Waals surface area contributed by atoms with Crippen LogP contribution in [-0.4, -0.2) is 35.7 Å². The molecule has 1 aromatic carbocycles. The quantitative estimate of drug-likeness (QED) is 0.895. The second-order valence-corrected chi connectivity index (χ2v) is 6.31. The van der Waals surface area contributed by atoms with Crippen LogP contribution in [0.5, 0.6) is 0 Å². The van der Waals surface area contributed by atoms with E-state index < -0.39 is 0 Å². The van der Waals surface area contributed by atoms with Crippen LogP contribution in [0.25, 0.3) is 0 Å². The summed E-state index contributed by atoms with van der Waals surface area (Å²) in [5.41, 5.74) is 1.66. The third-order valence-electron chi connectivity index (χ3n) is 4.09. The SMILES string of the molecule is Cc1ccc(Cl)c(NC(=O)N(C)CC2CCCCC2O)c1. The first-order chi connectivity index (χ1) is 9.97. The molecular formula is C16H23ClN2O2. The lowest BCUT2D eigenvalue weighted by Gasteiger charge is -2.31. The molecule has 5 heteroatoms. The van der Waals surface area contributed by atoms with E-state index in [4.69, 9.17) is 11.6 Å². The first kappa shape index (κ1) is 16.1. The zero-order valence-corrected chi connectivity index (χ0v) is 13.4. The number of aliphatic hydroxyl groups excluding tert-OH is 1. The molecule has 1 fully saturated rings. The van der Waals surface area contributed by atoms with Gasteiger partial charge in [0.15, 0.2) is 0 Å². The molecule has 2 rings (SSSR count). The van der Waals surface area contributed by atoms with Gasteiger partial charge in [-0.05, 0) is 37.5 Å². The number of nitrogens with zero attached hydrogens (tertiary/aromatic N) is 1. The molecule has 0 saturated heterocycles. The van der Waals surface area contributed by atoms with Gasteiger partial charge in [0.05, 0.1) is 16.8 Å². The van der Waals surface area contributed by atoms with E-state index in [1.54, 1.807) is 18.0 Å². The number of amides is 2. The minimum atomic E-state index is -0.295. The predicted octanol–water partition coefficient (Wildman–Crippen LogP) is 3.66. The number of urea groups is 1. The minimum absolute atomic E-state index is 0.169. The van der Waals surface area contributed by atoms with Gasteiger partial charge in [0.2, 0.25) is 0 Å². The van der Waals surface area contributed by atoms with Crippen LogP contribution in [-0.2, 0) is 0 Å². The first-order valence-corrected chi connectivity index (χ1v) is 7.81. The van der Waals surface area contributed by atoms with Gasteiger partial charge >= 0.3 is 6.03 Å². The van der Waals surface area contributed by atoms with Gasteiger partial charge in [0.1, 0.15) is 0 Å². The van der Waals surface area contributed by atoms with Gasteiger partial charge in [-0.1, -0.05) is 30.5 Å². The summed E-state index contributed by atoms with van der Waals surface area (Å²) in [4.78, 5) is 13.9. The molecule has 0 heterocycles. The van der Waals surface area contributed by atoms with Gasteiger partial charge in [0, 0.05) is 19.5 Å². The van der Waals surface area contributed by atoms with Crippen molar-refractivity contribution in [3.05, 3.63) is 28.8 Å². The van der Waals surface area contributed by atoms with Crippen molar-refractivity contribution < 1.29 is 9.90 Å². The van der Waals surface area contributed by atoms with Gasteiger partial charge in [-0.2, -0.15) is 0 Å². The highest BCUT2D eigenvalue weighted by molar-refractivity contribution is 6.33. The van der Waals surface area contributed by atoms with Crippen molar-refractivity contribution in [1.29, 1.82) is 0 Å². The van der Waals surface area contributed by atoms with Crippen molar-refractivity contribution in [2.24, 2.45) is 5.92 Å². The van der Waals surface area contributed by atoms with Crippen molar-refractivity contribution in [2.75, 3.05) is 18.9 Å². The third-order valence-corrected chi connectivity index (χ3v) is 4.42. The topological polar surface area (TPSA) is 52.6 Å². The Morgan fingerprint density at radius 1 is 1.43 bits per heavy atom. The molecule has 1 aliphatic carbocycles. The highest BCUT2D eigenvalue weighted by Gasteiger charge is 2.25. The highest BCUT2D eigenvalue weighted by Crippen LogP contribution is 2.26. The van der Waals surface area contributed by atoms with E-state index in [0.29, 0.717) is 17.3 Å². The average molecular weight is 311 g/mol. The molecule has 4 nitrogen and oxygen atoms in total. The molecule has 0 aliphatic heterocycles. The number of halogens is 1. The molecule has 0 aromatic heterocycles. The van der Waals surface area contributed by atoms with E-state index in [9.17, 15) is 9.90 Å². The van der Waals surface area contributed by atoms with Gasteiger partial charge < -0.3 is 15.3 Å². The highest BCUT2D eigenvalue weighted by atomic mass is 35.5. The average Bonchev–Trinajstić information content (AvgIpc) is 2.45. The second-order valence-electron chi connectivity index (χ2n) is 5.91. The van der Waals surface area contributed by atoms with Gasteiger partial charge in [-0.25, -0.2) is 4.79 Å². The number of rotatable bonds is 3. The second kappa shape index (κ2) is 7.14. The maximum atomic E-state index is 12.2. The maximum Gasteiger partial charge on any atom is 0.321 e. The third kappa shape index (κ3) is 4.35. The molecule has 1 aromatic rings. The zero-order chi connectivity index (χ0) is 15.4. The fourth-order valence-corrected chi connectivity index (χ4v) is 2.95. The summed E-state index contributed by atoms with van der Waals surface area (Å²) in [6, 6.07) is 5.33. The maximum absolute atomic E-state index is 12.2. The van der Waals surface area contributed by atoms with Gasteiger partial charge in [-0.3, -0.25) is 0 Å². The van der Waals surface area contributed by atoms with E-state index in [1.165, 1.54) is 0 Å². The molecule has 0 spiro atoms. The van der Waals surface area contributed by atoms with Gasteiger partial charge in [-0.15, -0.1) is 0 Å². The lowest BCUT2D eigenvalue weighted by atomic mass is 9.86. The Morgan fingerprint density at radius 3 is 2.86 bits per heavy atom. The number of hydrogen-bond acceptors (Lipinski definition) is 2. The van der Waals surface area contributed by atoms with E-state index in [0.717, 1.165) is 31.2 Å². The molecule has 1 saturated carbocycles. The lowest BCUT2D eigenvalue weighted by molar-refractivity contribution is 0.0575. The molecule has 1 aliphatic rings. The minimum Gasteiger partial charge on any atom is -0.393 e. The number of carbonyl (C=O) groups excluding carboxylic acids is 1. The Kier molecular flexibility index (Phi) is 5.48. The van der Waals surface area contributed by atoms with Crippen molar-refractivity contribution in [3.63, 3.8) is 0 Å². The number of benzene rings is 1. The smallest absolute Gasteiger partial charge is 0.321 e. The first-order valence-electron chi connectivity index (χ1n) is 7.43. The Morgan fingerprint density at radius 2 is 2.14 bits per heavy atom. The van der Waals surface area contributed by atoms with Crippen LogP contribution in [0.4, 0.5) is 10.5 Å². The Bertz CT molecular complexity index is 507. The Balaban J connectivity index is 1.94. The molecule has 2 amide bonds. The van der Waals surface area contributed by atoms with Crippen molar-refractivity contribution in [1.82, 2.24) is 4.90 Å². The Labute approximate surface area is 131 Å². The number of nitrogens with one attached hydrogen (secondary N) is 1. The summed E-state index contributed by atoms with van der Waals surface area (Å²) in [5.74, 6) is 0.169. The van der Waals surface area contributed by atoms with Crippen LogP contribution in [0.1, 0.15) is 31.2 Å². The molecule has 0 bridgehead atoms. The summed E-state index contributed by atoms with van der Waals surface area (Å²) in [6.45, 7) is 2.52. The van der Waals surface area contributed by atoms with Crippen LogP contribution in [0.2, 0.25) is 5.02 Å².